The largest absolute Gasteiger partial charge is 0.309 e. The van der Waals surface area contributed by atoms with Crippen LogP contribution in [0.4, 0.5) is 0 Å². The van der Waals surface area contributed by atoms with Crippen LogP contribution in [0.15, 0.2) is 400 Å². The monoisotopic (exact) mass is 1350 g/mol. The van der Waals surface area contributed by atoms with Crippen molar-refractivity contribution in [2.45, 2.75) is 0 Å². The van der Waals surface area contributed by atoms with Crippen molar-refractivity contribution in [3.05, 3.63) is 400 Å². The van der Waals surface area contributed by atoms with E-state index in [9.17, 15) is 0 Å². The first-order valence-corrected chi connectivity index (χ1v) is 36.2. The van der Waals surface area contributed by atoms with E-state index in [1.165, 1.54) is 110 Å². The van der Waals surface area contributed by atoms with Crippen molar-refractivity contribution in [1.29, 1.82) is 0 Å². The summed E-state index contributed by atoms with van der Waals surface area (Å²) in [5, 5.41) is 9.89. The van der Waals surface area contributed by atoms with Gasteiger partial charge >= 0.3 is 0 Å². The maximum Gasteiger partial charge on any atom is 0.138 e. The third kappa shape index (κ3) is 10.8. The molecule has 21 rings (SSSR count). The summed E-state index contributed by atoms with van der Waals surface area (Å²) >= 11 is 0. The maximum atomic E-state index is 5.31. The van der Waals surface area contributed by atoms with Gasteiger partial charge in [0, 0.05) is 76.8 Å². The lowest BCUT2D eigenvalue weighted by Crippen LogP contribution is -2.00. The number of para-hydroxylation sites is 6. The Morgan fingerprint density at radius 3 is 0.906 bits per heavy atom. The van der Waals surface area contributed by atoms with Crippen molar-refractivity contribution in [2.75, 3.05) is 0 Å². The fourth-order valence-corrected chi connectivity index (χ4v) is 16.1. The second-order valence-corrected chi connectivity index (χ2v) is 27.2. The Morgan fingerprint density at radius 2 is 0.443 bits per heavy atom. The predicted molar refractivity (Wildman–Crippen MR) is 444 cm³/mol. The van der Waals surface area contributed by atoms with Gasteiger partial charge in [0.1, 0.15) is 5.82 Å². The topological polar surface area (TPSA) is 45.5 Å². The van der Waals surface area contributed by atoms with Crippen LogP contribution in [-0.4, -0.2) is 28.2 Å². The quantitative estimate of drug-likeness (QED) is 0.130. The Morgan fingerprint density at radius 1 is 0.142 bits per heavy atom. The molecule has 0 bridgehead atoms. The number of nitrogens with zero attached hydrogens (tertiary/aromatic N) is 6. The molecular formula is C100H66N6. The highest BCUT2D eigenvalue weighted by Gasteiger charge is 2.21. The second-order valence-electron chi connectivity index (χ2n) is 27.2. The Balaban J connectivity index is 0.000000141. The van der Waals surface area contributed by atoms with Crippen LogP contribution in [0.5, 0.6) is 0 Å². The number of pyridine rings is 2. The molecule has 0 N–H and O–H groups in total. The normalized spacial score (nSPS) is 11.6. The average Bonchev–Trinajstić information content (AvgIpc) is 1.57. The molecular weight excluding hydrogens is 1290 g/mol. The minimum atomic E-state index is 0.901. The molecule has 0 saturated carbocycles. The Labute approximate surface area is 613 Å². The van der Waals surface area contributed by atoms with Crippen molar-refractivity contribution in [2.24, 2.45) is 0 Å². The minimum Gasteiger partial charge on any atom is -0.309 e. The maximum absolute atomic E-state index is 5.31. The van der Waals surface area contributed by atoms with E-state index in [0.29, 0.717) is 0 Å². The van der Waals surface area contributed by atoms with Crippen LogP contribution in [-0.2, 0) is 0 Å². The molecule has 0 amide bonds. The number of fused-ring (bicyclic) bond motifs is 12. The molecule has 15 aromatic carbocycles. The highest BCUT2D eigenvalue weighted by Crippen LogP contribution is 2.43. The Bertz CT molecular complexity index is 6800. The first-order chi connectivity index (χ1) is 52.6. The van der Waals surface area contributed by atoms with Crippen LogP contribution in [0.2, 0.25) is 0 Å². The predicted octanol–water partition coefficient (Wildman–Crippen LogP) is 26.2. The summed E-state index contributed by atoms with van der Waals surface area (Å²) in [6.45, 7) is 0. The zero-order chi connectivity index (χ0) is 70.0. The average molecular weight is 1350 g/mol. The highest BCUT2D eigenvalue weighted by molar-refractivity contribution is 6.15. The summed E-state index contributed by atoms with van der Waals surface area (Å²) in [7, 11) is 0. The molecule has 0 fully saturated rings. The summed E-state index contributed by atoms with van der Waals surface area (Å²) in [5.41, 5.74) is 28.4. The van der Waals surface area contributed by atoms with E-state index in [-0.39, 0.29) is 0 Å². The fraction of sp³-hybridized carbons (Fsp3) is 0. The lowest BCUT2D eigenvalue weighted by Gasteiger charge is -2.13. The zero-order valence-corrected chi connectivity index (χ0v) is 57.8. The van der Waals surface area contributed by atoms with Crippen LogP contribution in [0, 0.1) is 0 Å². The zero-order valence-electron chi connectivity index (χ0n) is 57.8. The van der Waals surface area contributed by atoms with E-state index in [0.717, 1.165) is 78.8 Å². The van der Waals surface area contributed by atoms with Crippen LogP contribution >= 0.6 is 0 Å². The van der Waals surface area contributed by atoms with Crippen molar-refractivity contribution >= 4 is 87.2 Å². The summed E-state index contributed by atoms with van der Waals surface area (Å²) in [6.07, 6.45) is 0. The van der Waals surface area contributed by atoms with Crippen LogP contribution < -0.4 is 0 Å². The summed E-state index contributed by atoms with van der Waals surface area (Å²) in [6, 6.07) is 143. The fourth-order valence-electron chi connectivity index (χ4n) is 16.1. The number of hydrogen-bond donors (Lipinski definition) is 0. The first kappa shape index (κ1) is 61.7. The van der Waals surface area contributed by atoms with Gasteiger partial charge < -0.3 is 13.7 Å². The van der Waals surface area contributed by atoms with E-state index in [2.05, 4.69) is 413 Å². The van der Waals surface area contributed by atoms with Gasteiger partial charge in [0.2, 0.25) is 0 Å². The number of benzene rings is 15. The number of rotatable bonds is 11. The third-order valence-electron chi connectivity index (χ3n) is 21.0. The molecule has 496 valence electrons. The molecule has 0 unspecified atom stereocenters. The van der Waals surface area contributed by atoms with Crippen LogP contribution in [0.3, 0.4) is 0 Å². The lowest BCUT2D eigenvalue weighted by molar-refractivity contribution is 1.08. The Hall–Kier alpha value is -14.2. The second kappa shape index (κ2) is 26.0. The molecule has 6 nitrogen and oxygen atoms in total. The Kier molecular flexibility index (Phi) is 15.1. The molecule has 0 radical (unpaired) electrons. The lowest BCUT2D eigenvalue weighted by atomic mass is 10.00. The van der Waals surface area contributed by atoms with Gasteiger partial charge in [-0.2, -0.15) is 0 Å². The van der Waals surface area contributed by atoms with Crippen LogP contribution in [0.1, 0.15) is 0 Å². The minimum absolute atomic E-state index is 0.901. The van der Waals surface area contributed by atoms with E-state index >= 15 is 0 Å². The van der Waals surface area contributed by atoms with Crippen molar-refractivity contribution in [3.63, 3.8) is 0 Å². The number of hydrogen-bond acceptors (Lipinski definition) is 2. The molecule has 6 aromatic heterocycles. The SMILES string of the molecule is c1ccc(-c2cc(-c3ccccc3)nc(-c3cccc(-n4c5ccccc5c5cc(-c6ccc7c8ccccc8n(-c8ccccc8)c7c6)ccc54)c3)c2)cc1.c1ccc(-c2cc(-c3ccccc3)nc(-n3c4ccccc4c4cc(-c5ccc6c7ccccc7n(-c7ccccc7)c6c5)ccc43)c2)cc1. The van der Waals surface area contributed by atoms with Gasteiger partial charge in [-0.3, -0.25) is 4.57 Å². The van der Waals surface area contributed by atoms with Crippen molar-refractivity contribution < 1.29 is 0 Å². The third-order valence-corrected chi connectivity index (χ3v) is 21.0. The molecule has 6 heteroatoms. The molecule has 0 aliphatic heterocycles. The molecule has 0 saturated heterocycles. The van der Waals surface area contributed by atoms with Gasteiger partial charge in [0.05, 0.1) is 61.2 Å². The molecule has 0 aliphatic rings. The van der Waals surface area contributed by atoms with Crippen molar-refractivity contribution in [1.82, 2.24) is 28.2 Å². The van der Waals surface area contributed by atoms with Gasteiger partial charge in [-0.1, -0.05) is 279 Å². The van der Waals surface area contributed by atoms with Crippen molar-refractivity contribution in [3.8, 4) is 101 Å². The van der Waals surface area contributed by atoms with Gasteiger partial charge in [-0.05, 0) is 166 Å². The standard InChI is InChI=1S/C53H35N3.C47H31N3/c1-4-15-36(16-5-1)41-33-48(37-17-6-2-7-18-37)54-49(34-41)40-19-14-22-43(31-40)56-51-26-13-11-24-45(51)47-32-38(28-30-52(47)56)39-27-29-46-44-23-10-12-25-50(44)55(53(46)35-39)42-20-8-3-9-21-42;1-4-14-32(15-5-1)36-29-42(33-16-6-2-7-17-33)48-47(31-36)50-44-23-13-11-21-39(44)41-28-34(25-27-45(41)50)35-24-26-40-38-20-10-12-22-43(38)49(46(40)30-35)37-18-8-3-9-19-37/h1-35H;1-31H. The number of aromatic nitrogens is 6. The van der Waals surface area contributed by atoms with E-state index in [1.54, 1.807) is 0 Å². The highest BCUT2D eigenvalue weighted by atomic mass is 15.1. The summed E-state index contributed by atoms with van der Waals surface area (Å²) in [4.78, 5) is 10.5. The van der Waals surface area contributed by atoms with Crippen LogP contribution in [0.25, 0.3) is 188 Å². The van der Waals surface area contributed by atoms with Gasteiger partial charge in [0.25, 0.3) is 0 Å². The molecule has 0 spiro atoms. The first-order valence-electron chi connectivity index (χ1n) is 36.2. The van der Waals surface area contributed by atoms with E-state index in [4.69, 9.17) is 9.97 Å². The molecule has 6 heterocycles. The summed E-state index contributed by atoms with van der Waals surface area (Å²) in [5.74, 6) is 0.901. The van der Waals surface area contributed by atoms with E-state index < -0.39 is 0 Å². The molecule has 106 heavy (non-hydrogen) atoms. The smallest absolute Gasteiger partial charge is 0.138 e. The summed E-state index contributed by atoms with van der Waals surface area (Å²) < 4.78 is 9.49. The molecule has 0 aliphatic carbocycles. The molecule has 21 aromatic rings. The van der Waals surface area contributed by atoms with Gasteiger partial charge in [0.15, 0.2) is 0 Å². The van der Waals surface area contributed by atoms with E-state index in [1.807, 2.05) is 6.07 Å². The molecule has 0 atom stereocenters. The van der Waals surface area contributed by atoms with Gasteiger partial charge in [-0.25, -0.2) is 9.97 Å². The van der Waals surface area contributed by atoms with Gasteiger partial charge in [-0.15, -0.1) is 0 Å².